The number of fused-ring (bicyclic) bond motifs is 3. The molecule has 1 amide bonds. The molecule has 0 N–H and O–H groups in total. The third kappa shape index (κ3) is 3.67. The van der Waals surface area contributed by atoms with E-state index in [1.165, 1.54) is 10.4 Å². The van der Waals surface area contributed by atoms with Crippen molar-refractivity contribution in [3.8, 4) is 0 Å². The minimum absolute atomic E-state index is 0.144. The lowest BCUT2D eigenvalue weighted by molar-refractivity contribution is -0.0383. The Labute approximate surface area is 173 Å². The van der Waals surface area contributed by atoms with Crippen molar-refractivity contribution in [3.05, 3.63) is 10.4 Å². The largest absolute Gasteiger partial charge is 0.450 e. The van der Waals surface area contributed by atoms with Gasteiger partial charge in [0.1, 0.15) is 0 Å². The quantitative estimate of drug-likeness (QED) is 0.553. The molecule has 0 unspecified atom stereocenters. The molecule has 28 heavy (non-hydrogen) atoms. The highest BCUT2D eigenvalue weighted by molar-refractivity contribution is 7.98. The van der Waals surface area contributed by atoms with E-state index in [0.29, 0.717) is 26.3 Å². The van der Waals surface area contributed by atoms with E-state index in [4.69, 9.17) is 19.4 Å². The molecule has 152 valence electrons. The Bertz CT molecular complexity index is 891. The van der Waals surface area contributed by atoms with Crippen LogP contribution in [-0.2, 0) is 22.5 Å². The topological polar surface area (TPSA) is 67.8 Å². The fourth-order valence-electron chi connectivity index (χ4n) is 3.65. The smallest absolute Gasteiger partial charge is 0.409 e. The summed E-state index contributed by atoms with van der Waals surface area (Å²) in [5.74, 6) is 0.982. The molecule has 7 nitrogen and oxygen atoms in total. The monoisotopic (exact) mass is 422 g/mol. The summed E-state index contributed by atoms with van der Waals surface area (Å²) in [6, 6.07) is 0. The van der Waals surface area contributed by atoms with Crippen molar-refractivity contribution in [2.45, 2.75) is 44.6 Å². The van der Waals surface area contributed by atoms with E-state index in [1.807, 2.05) is 13.2 Å². The molecule has 1 fully saturated rings. The third-order valence-electron chi connectivity index (χ3n) is 5.16. The van der Waals surface area contributed by atoms with Crippen LogP contribution < -0.4 is 4.90 Å². The van der Waals surface area contributed by atoms with Crippen molar-refractivity contribution in [1.82, 2.24) is 14.9 Å². The highest BCUT2D eigenvalue weighted by Crippen LogP contribution is 2.42. The summed E-state index contributed by atoms with van der Waals surface area (Å²) in [6.07, 6.45) is 2.67. The van der Waals surface area contributed by atoms with E-state index in [9.17, 15) is 4.79 Å². The fourth-order valence-corrected chi connectivity index (χ4v) is 5.49. The zero-order valence-electron chi connectivity index (χ0n) is 16.8. The number of nitrogens with zero attached hydrogens (tertiary/aromatic N) is 4. The van der Waals surface area contributed by atoms with Gasteiger partial charge in [-0.15, -0.1) is 11.3 Å². The van der Waals surface area contributed by atoms with Gasteiger partial charge in [-0.05, 0) is 27.0 Å². The minimum Gasteiger partial charge on any atom is -0.450 e. The van der Waals surface area contributed by atoms with Gasteiger partial charge in [0.2, 0.25) is 0 Å². The Morgan fingerprint density at radius 3 is 2.71 bits per heavy atom. The lowest BCUT2D eigenvalue weighted by Gasteiger charge is -2.34. The van der Waals surface area contributed by atoms with Crippen molar-refractivity contribution in [2.24, 2.45) is 0 Å². The number of aromatic nitrogens is 2. The molecule has 2 aromatic heterocycles. The van der Waals surface area contributed by atoms with Crippen LogP contribution in [-0.4, -0.2) is 65.6 Å². The number of ether oxygens (including phenoxy) is 2. The van der Waals surface area contributed by atoms with Gasteiger partial charge in [0.05, 0.1) is 29.0 Å². The van der Waals surface area contributed by atoms with Gasteiger partial charge >= 0.3 is 6.09 Å². The Hall–Kier alpha value is -1.58. The summed E-state index contributed by atoms with van der Waals surface area (Å²) in [5, 5.41) is 0.778. The van der Waals surface area contributed by atoms with E-state index in [0.717, 1.165) is 40.7 Å². The van der Waals surface area contributed by atoms with Gasteiger partial charge in [-0.2, -0.15) is 0 Å². The first kappa shape index (κ1) is 19.7. The predicted molar refractivity (Wildman–Crippen MR) is 113 cm³/mol. The maximum atomic E-state index is 12.0. The predicted octanol–water partition coefficient (Wildman–Crippen LogP) is 3.54. The zero-order valence-corrected chi connectivity index (χ0v) is 18.4. The summed E-state index contributed by atoms with van der Waals surface area (Å²) < 4.78 is 12.3. The number of hydrogen-bond acceptors (Lipinski definition) is 8. The van der Waals surface area contributed by atoms with Crippen LogP contribution in [0.5, 0.6) is 0 Å². The molecule has 4 heterocycles. The molecular formula is C19H26N4O3S2. The average molecular weight is 423 g/mol. The van der Waals surface area contributed by atoms with Crippen LogP contribution in [0.1, 0.15) is 31.2 Å². The second kappa shape index (κ2) is 7.68. The fraction of sp³-hybridized carbons (Fsp3) is 0.632. The number of rotatable bonds is 3. The standard InChI is InChI=1S/C19H26N4O3S2/c1-5-25-18(24)23-8-6-22(7-9-23)16-15-14(20-17(21-16)27-4)12-11-26-19(2,3)10-13(12)28-15/h5-11H2,1-4H3. The van der Waals surface area contributed by atoms with Gasteiger partial charge < -0.3 is 19.3 Å². The molecule has 2 aliphatic heterocycles. The highest BCUT2D eigenvalue weighted by atomic mass is 32.2. The van der Waals surface area contributed by atoms with Crippen molar-refractivity contribution in [1.29, 1.82) is 0 Å². The van der Waals surface area contributed by atoms with E-state index in [-0.39, 0.29) is 11.7 Å². The first-order chi connectivity index (χ1) is 13.4. The zero-order chi connectivity index (χ0) is 19.9. The van der Waals surface area contributed by atoms with Crippen LogP contribution in [0.2, 0.25) is 0 Å². The first-order valence-electron chi connectivity index (χ1n) is 9.58. The van der Waals surface area contributed by atoms with Crippen LogP contribution in [0.15, 0.2) is 5.16 Å². The van der Waals surface area contributed by atoms with E-state index in [2.05, 4.69) is 18.7 Å². The number of carbonyl (C=O) groups is 1. The van der Waals surface area contributed by atoms with Gasteiger partial charge in [-0.1, -0.05) is 11.8 Å². The molecule has 0 spiro atoms. The number of amides is 1. The van der Waals surface area contributed by atoms with Crippen molar-refractivity contribution >= 4 is 45.2 Å². The SMILES string of the molecule is CCOC(=O)N1CCN(c2nc(SC)nc3c4c(sc23)CC(C)(C)OC4)CC1. The van der Waals surface area contributed by atoms with Crippen molar-refractivity contribution in [2.75, 3.05) is 43.9 Å². The molecule has 2 aromatic rings. The molecule has 1 saturated heterocycles. The van der Waals surface area contributed by atoms with Crippen LogP contribution in [0.3, 0.4) is 0 Å². The number of hydrogen-bond donors (Lipinski definition) is 0. The number of thioether (sulfide) groups is 1. The van der Waals surface area contributed by atoms with E-state index < -0.39 is 0 Å². The van der Waals surface area contributed by atoms with Gasteiger partial charge in [-0.25, -0.2) is 14.8 Å². The molecule has 0 atom stereocenters. The van der Waals surface area contributed by atoms with Crippen molar-refractivity contribution < 1.29 is 14.3 Å². The maximum absolute atomic E-state index is 12.0. The Kier molecular flexibility index (Phi) is 5.41. The molecule has 0 bridgehead atoms. The van der Waals surface area contributed by atoms with Crippen LogP contribution >= 0.6 is 23.1 Å². The number of piperazine rings is 1. The summed E-state index contributed by atoms with van der Waals surface area (Å²) >= 11 is 3.35. The molecule has 0 aliphatic carbocycles. The summed E-state index contributed by atoms with van der Waals surface area (Å²) in [6.45, 7) is 9.86. The van der Waals surface area contributed by atoms with Crippen LogP contribution in [0, 0.1) is 0 Å². The highest BCUT2D eigenvalue weighted by Gasteiger charge is 2.32. The Morgan fingerprint density at radius 2 is 2.04 bits per heavy atom. The first-order valence-corrected chi connectivity index (χ1v) is 11.6. The number of thiophene rings is 1. The van der Waals surface area contributed by atoms with E-state index in [1.54, 1.807) is 28.0 Å². The second-order valence-corrected chi connectivity index (χ2v) is 9.49. The summed E-state index contributed by atoms with van der Waals surface area (Å²) in [7, 11) is 0. The maximum Gasteiger partial charge on any atom is 0.409 e. The lowest BCUT2D eigenvalue weighted by Crippen LogP contribution is -2.49. The van der Waals surface area contributed by atoms with Gasteiger partial charge in [0, 0.05) is 43.0 Å². The second-order valence-electron chi connectivity index (χ2n) is 7.61. The summed E-state index contributed by atoms with van der Waals surface area (Å²) in [5.41, 5.74) is 2.09. The number of anilines is 1. The Balaban J connectivity index is 1.66. The minimum atomic E-state index is -0.231. The van der Waals surface area contributed by atoms with Crippen LogP contribution in [0.25, 0.3) is 10.2 Å². The Morgan fingerprint density at radius 1 is 1.29 bits per heavy atom. The molecule has 0 radical (unpaired) electrons. The molecular weight excluding hydrogens is 396 g/mol. The molecule has 9 heteroatoms. The van der Waals surface area contributed by atoms with Gasteiger partial charge in [-0.3, -0.25) is 0 Å². The molecule has 0 saturated carbocycles. The lowest BCUT2D eigenvalue weighted by atomic mass is 9.98. The van der Waals surface area contributed by atoms with Crippen LogP contribution in [0.4, 0.5) is 10.6 Å². The summed E-state index contributed by atoms with van der Waals surface area (Å²) in [4.78, 5) is 27.0. The molecule has 2 aliphatic rings. The third-order valence-corrected chi connectivity index (χ3v) is 6.92. The van der Waals surface area contributed by atoms with Crippen molar-refractivity contribution in [3.63, 3.8) is 0 Å². The normalized spacial score (nSPS) is 19.0. The number of carbonyl (C=O) groups excluding carboxylic acids is 1. The molecule has 4 rings (SSSR count). The van der Waals surface area contributed by atoms with Gasteiger partial charge in [0.25, 0.3) is 0 Å². The average Bonchev–Trinajstić information content (AvgIpc) is 3.03. The van der Waals surface area contributed by atoms with E-state index >= 15 is 0 Å². The van der Waals surface area contributed by atoms with Gasteiger partial charge in [0.15, 0.2) is 11.0 Å². The molecule has 0 aromatic carbocycles.